The molecule has 1 fully saturated rings. The Hall–Kier alpha value is -1.83. The molecule has 0 radical (unpaired) electrons. The summed E-state index contributed by atoms with van der Waals surface area (Å²) < 4.78 is 13.0. The van der Waals surface area contributed by atoms with Crippen LogP contribution in [0.1, 0.15) is 18.7 Å². The molecule has 1 aromatic heterocycles. The fourth-order valence-corrected chi connectivity index (χ4v) is 4.34. The molecule has 1 saturated heterocycles. The molecule has 0 atom stereocenters. The molecule has 2 heterocycles. The van der Waals surface area contributed by atoms with Gasteiger partial charge in [0.15, 0.2) is 11.5 Å². The lowest BCUT2D eigenvalue weighted by Crippen LogP contribution is -2.17. The van der Waals surface area contributed by atoms with E-state index in [4.69, 9.17) is 21.7 Å². The van der Waals surface area contributed by atoms with Crippen molar-refractivity contribution in [3.05, 3.63) is 40.1 Å². The van der Waals surface area contributed by atoms with Crippen molar-refractivity contribution in [1.29, 1.82) is 0 Å². The fraction of sp³-hybridized carbons (Fsp3) is 0.222. The summed E-state index contributed by atoms with van der Waals surface area (Å²) in [6.45, 7) is 5.10. The number of carbonyl (C=O) groups is 1. The molecule has 0 unspecified atom stereocenters. The zero-order valence-electron chi connectivity index (χ0n) is 13.8. The molecule has 7 heteroatoms. The van der Waals surface area contributed by atoms with Gasteiger partial charge in [-0.3, -0.25) is 4.79 Å². The van der Waals surface area contributed by atoms with Crippen LogP contribution < -0.4 is 14.8 Å². The maximum Gasteiger partial charge on any atom is 0.263 e. The van der Waals surface area contributed by atoms with E-state index in [9.17, 15) is 4.79 Å². The molecule has 1 N–H and O–H groups in total. The van der Waals surface area contributed by atoms with Crippen LogP contribution in [0.5, 0.6) is 11.5 Å². The van der Waals surface area contributed by atoms with Crippen molar-refractivity contribution in [2.45, 2.75) is 13.8 Å². The third-order valence-electron chi connectivity index (χ3n) is 3.35. The number of thiocarbonyl (C=S) groups is 1. The van der Waals surface area contributed by atoms with Gasteiger partial charge in [0, 0.05) is 15.6 Å². The number of thiophene rings is 1. The number of fused-ring (bicyclic) bond motifs is 1. The molecule has 1 amide bonds. The van der Waals surface area contributed by atoms with Crippen molar-refractivity contribution in [2.24, 2.45) is 0 Å². The van der Waals surface area contributed by atoms with Crippen LogP contribution in [-0.4, -0.2) is 23.4 Å². The first-order chi connectivity index (χ1) is 12.1. The fourth-order valence-electron chi connectivity index (χ4n) is 2.35. The monoisotopic (exact) mass is 391 g/mol. The smallest absolute Gasteiger partial charge is 0.263 e. The van der Waals surface area contributed by atoms with Crippen LogP contribution in [0.2, 0.25) is 0 Å². The van der Waals surface area contributed by atoms with Gasteiger partial charge in [-0.15, -0.1) is 11.3 Å². The molecule has 4 nitrogen and oxygen atoms in total. The summed E-state index contributed by atoms with van der Waals surface area (Å²) in [5, 5.41) is 3.71. The third kappa shape index (κ3) is 4.23. The summed E-state index contributed by atoms with van der Waals surface area (Å²) in [4.78, 5) is 13.3. The minimum absolute atomic E-state index is 0.140. The standard InChI is InChI=1S/C18H17NO3S3/c1-3-21-13-9-11-8-12(24-16(11)10-14(13)22-4-2)6-5-7-15-17(20)19-18(23)25-15/h5-10H,3-4H2,1-2H3,(H,19,20,23). The number of allylic oxidation sites excluding steroid dienone is 2. The van der Waals surface area contributed by atoms with Crippen LogP contribution in [0.25, 0.3) is 16.2 Å². The van der Waals surface area contributed by atoms with Crippen LogP contribution in [0.4, 0.5) is 0 Å². The third-order valence-corrected chi connectivity index (χ3v) is 5.60. The van der Waals surface area contributed by atoms with Gasteiger partial charge in [0.05, 0.1) is 18.1 Å². The predicted octanol–water partition coefficient (Wildman–Crippen LogP) is 4.74. The first-order valence-electron chi connectivity index (χ1n) is 7.85. The van der Waals surface area contributed by atoms with E-state index in [1.807, 2.05) is 38.1 Å². The van der Waals surface area contributed by atoms with Gasteiger partial charge in [-0.25, -0.2) is 0 Å². The summed E-state index contributed by atoms with van der Waals surface area (Å²) in [5.74, 6) is 1.39. The summed E-state index contributed by atoms with van der Waals surface area (Å²) in [5.41, 5.74) is 0. The lowest BCUT2D eigenvalue weighted by atomic mass is 10.2. The van der Waals surface area contributed by atoms with Gasteiger partial charge in [-0.1, -0.05) is 30.1 Å². The van der Waals surface area contributed by atoms with E-state index in [0.717, 1.165) is 26.5 Å². The highest BCUT2D eigenvalue weighted by molar-refractivity contribution is 8.26. The van der Waals surface area contributed by atoms with E-state index in [1.165, 1.54) is 11.8 Å². The Morgan fingerprint density at radius 3 is 2.52 bits per heavy atom. The Morgan fingerprint density at radius 1 is 1.16 bits per heavy atom. The number of nitrogens with one attached hydrogen (secondary N) is 1. The van der Waals surface area contributed by atoms with Crippen LogP contribution >= 0.6 is 35.3 Å². The topological polar surface area (TPSA) is 47.6 Å². The molecule has 2 aromatic rings. The van der Waals surface area contributed by atoms with E-state index in [1.54, 1.807) is 17.4 Å². The second kappa shape index (κ2) is 8.03. The van der Waals surface area contributed by atoms with Gasteiger partial charge >= 0.3 is 0 Å². The average molecular weight is 392 g/mol. The Morgan fingerprint density at radius 2 is 1.88 bits per heavy atom. The lowest BCUT2D eigenvalue weighted by molar-refractivity contribution is -0.115. The molecule has 1 aromatic carbocycles. The summed E-state index contributed by atoms with van der Waals surface area (Å²) >= 11 is 7.92. The quantitative estimate of drug-likeness (QED) is 0.569. The normalized spacial score (nSPS) is 16.2. The molecule has 1 aliphatic heterocycles. The number of thioether (sulfide) groups is 1. The van der Waals surface area contributed by atoms with E-state index >= 15 is 0 Å². The molecule has 0 saturated carbocycles. The average Bonchev–Trinajstić information content (AvgIpc) is 3.10. The molecule has 3 rings (SSSR count). The van der Waals surface area contributed by atoms with Gasteiger partial charge in [0.1, 0.15) is 4.32 Å². The van der Waals surface area contributed by atoms with Crippen molar-refractivity contribution in [3.63, 3.8) is 0 Å². The second-order valence-corrected chi connectivity index (χ2v) is 7.92. The highest BCUT2D eigenvalue weighted by atomic mass is 32.2. The van der Waals surface area contributed by atoms with Gasteiger partial charge in [-0.05, 0) is 43.5 Å². The number of benzene rings is 1. The summed E-state index contributed by atoms with van der Waals surface area (Å²) in [6.07, 6.45) is 5.63. The lowest BCUT2D eigenvalue weighted by Gasteiger charge is -2.10. The predicted molar refractivity (Wildman–Crippen MR) is 110 cm³/mol. The Labute approximate surface area is 159 Å². The molecular formula is C18H17NO3S3. The molecule has 130 valence electrons. The first-order valence-corrected chi connectivity index (χ1v) is 9.89. The molecule has 25 heavy (non-hydrogen) atoms. The number of rotatable bonds is 6. The summed E-state index contributed by atoms with van der Waals surface area (Å²) in [6, 6.07) is 6.12. The van der Waals surface area contributed by atoms with Crippen LogP contribution in [0.3, 0.4) is 0 Å². The van der Waals surface area contributed by atoms with Crippen LogP contribution in [-0.2, 0) is 4.79 Å². The molecule has 0 aliphatic carbocycles. The Balaban J connectivity index is 1.85. The highest BCUT2D eigenvalue weighted by Crippen LogP contribution is 2.37. The van der Waals surface area contributed by atoms with Crippen molar-refractivity contribution in [1.82, 2.24) is 5.32 Å². The maximum atomic E-state index is 11.6. The first kappa shape index (κ1) is 18.0. The molecular weight excluding hydrogens is 374 g/mol. The molecule has 0 spiro atoms. The largest absolute Gasteiger partial charge is 0.490 e. The summed E-state index contributed by atoms with van der Waals surface area (Å²) in [7, 11) is 0. The Bertz CT molecular complexity index is 840. The van der Waals surface area contributed by atoms with Crippen molar-refractivity contribution in [3.8, 4) is 11.5 Å². The van der Waals surface area contributed by atoms with Gasteiger partial charge in [-0.2, -0.15) is 0 Å². The SMILES string of the molecule is CCOc1cc2cc(C=CC=C3SC(=S)NC3=O)sc2cc1OCC. The number of carbonyl (C=O) groups excluding carboxylic acids is 1. The van der Waals surface area contributed by atoms with Crippen LogP contribution in [0, 0.1) is 0 Å². The second-order valence-electron chi connectivity index (χ2n) is 5.09. The van der Waals surface area contributed by atoms with E-state index in [0.29, 0.717) is 22.4 Å². The number of hydrogen-bond donors (Lipinski definition) is 1. The number of hydrogen-bond acceptors (Lipinski definition) is 6. The van der Waals surface area contributed by atoms with E-state index < -0.39 is 0 Å². The van der Waals surface area contributed by atoms with E-state index in [-0.39, 0.29) is 5.91 Å². The van der Waals surface area contributed by atoms with Crippen molar-refractivity contribution >= 4 is 61.7 Å². The van der Waals surface area contributed by atoms with Gasteiger partial charge < -0.3 is 14.8 Å². The maximum absolute atomic E-state index is 11.6. The van der Waals surface area contributed by atoms with Crippen molar-refractivity contribution < 1.29 is 14.3 Å². The number of amides is 1. The highest BCUT2D eigenvalue weighted by Gasteiger charge is 2.21. The Kier molecular flexibility index (Phi) is 5.78. The van der Waals surface area contributed by atoms with Crippen LogP contribution in [0.15, 0.2) is 35.3 Å². The van der Waals surface area contributed by atoms with Gasteiger partial charge in [0.2, 0.25) is 0 Å². The zero-order valence-corrected chi connectivity index (χ0v) is 16.3. The van der Waals surface area contributed by atoms with Gasteiger partial charge in [0.25, 0.3) is 5.91 Å². The van der Waals surface area contributed by atoms with Crippen molar-refractivity contribution in [2.75, 3.05) is 13.2 Å². The number of ether oxygens (including phenoxy) is 2. The zero-order chi connectivity index (χ0) is 17.8. The molecule has 1 aliphatic rings. The molecule has 0 bridgehead atoms. The minimum Gasteiger partial charge on any atom is -0.490 e. The van der Waals surface area contributed by atoms with E-state index in [2.05, 4.69) is 11.4 Å². The minimum atomic E-state index is -0.140.